The van der Waals surface area contributed by atoms with Crippen LogP contribution in [-0.4, -0.2) is 32.9 Å². The number of benzene rings is 2. The summed E-state index contributed by atoms with van der Waals surface area (Å²) >= 11 is 3.41. The van der Waals surface area contributed by atoms with Gasteiger partial charge in [-0.15, -0.1) is 0 Å². The summed E-state index contributed by atoms with van der Waals surface area (Å²) in [7, 11) is 3.14. The molecule has 1 amide bonds. The normalized spacial score (nSPS) is 10.6. The van der Waals surface area contributed by atoms with Crippen LogP contribution in [0.5, 0.6) is 11.5 Å². The number of rotatable bonds is 7. The van der Waals surface area contributed by atoms with Gasteiger partial charge in [-0.1, -0.05) is 12.1 Å². The van der Waals surface area contributed by atoms with Gasteiger partial charge in [0, 0.05) is 17.3 Å². The van der Waals surface area contributed by atoms with E-state index in [2.05, 4.69) is 31.8 Å². The molecule has 2 aromatic carbocycles. The fourth-order valence-corrected chi connectivity index (χ4v) is 2.66. The fourth-order valence-electron chi connectivity index (χ4n) is 2.13. The van der Waals surface area contributed by atoms with Crippen molar-refractivity contribution in [2.75, 3.05) is 26.1 Å². The van der Waals surface area contributed by atoms with Gasteiger partial charge in [0.15, 0.2) is 0 Å². The first-order chi connectivity index (χ1) is 12.0. The first kappa shape index (κ1) is 18.8. The number of hydrogen-bond acceptors (Lipinski definition) is 5. The van der Waals surface area contributed by atoms with Crippen LogP contribution < -0.4 is 20.2 Å². The van der Waals surface area contributed by atoms with Crippen molar-refractivity contribution in [1.29, 1.82) is 0 Å². The van der Waals surface area contributed by atoms with Crippen LogP contribution in [0.2, 0.25) is 0 Å². The van der Waals surface area contributed by atoms with Crippen molar-refractivity contribution in [2.45, 2.75) is 6.92 Å². The van der Waals surface area contributed by atoms with E-state index in [4.69, 9.17) is 9.47 Å². The molecule has 0 aromatic heterocycles. The Kier molecular flexibility index (Phi) is 6.82. The molecule has 0 fully saturated rings. The van der Waals surface area contributed by atoms with Crippen molar-refractivity contribution in [3.8, 4) is 11.5 Å². The molecule has 0 saturated carbocycles. The number of hydrogen-bond donors (Lipinski definition) is 2. The number of anilines is 1. The Balaban J connectivity index is 1.94. The number of carbonyl (C=O) groups is 1. The van der Waals surface area contributed by atoms with E-state index >= 15 is 0 Å². The highest BCUT2D eigenvalue weighted by molar-refractivity contribution is 9.10. The van der Waals surface area contributed by atoms with Crippen LogP contribution in [0.3, 0.4) is 0 Å². The first-order valence-corrected chi connectivity index (χ1v) is 8.36. The lowest BCUT2D eigenvalue weighted by molar-refractivity contribution is -0.119. The molecule has 0 heterocycles. The van der Waals surface area contributed by atoms with Crippen molar-refractivity contribution >= 4 is 33.7 Å². The van der Waals surface area contributed by atoms with Gasteiger partial charge in [0.05, 0.1) is 31.5 Å². The molecule has 0 aliphatic rings. The lowest BCUT2D eigenvalue weighted by Crippen LogP contribution is -2.25. The second-order valence-corrected chi connectivity index (χ2v) is 6.10. The largest absolute Gasteiger partial charge is 0.496 e. The summed E-state index contributed by atoms with van der Waals surface area (Å²) in [4.78, 5) is 11.9. The van der Waals surface area contributed by atoms with Crippen molar-refractivity contribution in [3.63, 3.8) is 0 Å². The zero-order valence-corrected chi connectivity index (χ0v) is 15.9. The predicted molar refractivity (Wildman–Crippen MR) is 103 cm³/mol. The van der Waals surface area contributed by atoms with Gasteiger partial charge in [-0.25, -0.2) is 5.43 Å². The van der Waals surface area contributed by atoms with Crippen LogP contribution in [0.1, 0.15) is 11.1 Å². The lowest BCUT2D eigenvalue weighted by Gasteiger charge is -2.09. The number of nitrogens with one attached hydrogen (secondary N) is 2. The van der Waals surface area contributed by atoms with Crippen LogP contribution >= 0.6 is 15.9 Å². The highest BCUT2D eigenvalue weighted by Gasteiger charge is 2.08. The smallest absolute Gasteiger partial charge is 0.259 e. The van der Waals surface area contributed by atoms with Gasteiger partial charge < -0.3 is 14.8 Å². The number of hydrazone groups is 1. The highest BCUT2D eigenvalue weighted by Crippen LogP contribution is 2.31. The molecule has 6 nitrogen and oxygen atoms in total. The standard InChI is InChI=1S/C18H20BrN3O3/c1-12-5-4-6-14(7-12)20-11-18(23)22-21-10-13-8-15(19)17(25-3)9-16(13)24-2/h4-10,20H,11H2,1-3H3,(H,22,23)/b21-10+. The number of halogens is 1. The number of methoxy groups -OCH3 is 2. The Hall–Kier alpha value is -2.54. The van der Waals surface area contributed by atoms with Crippen molar-refractivity contribution < 1.29 is 14.3 Å². The van der Waals surface area contributed by atoms with Gasteiger partial charge in [-0.05, 0) is 46.6 Å². The molecule has 0 radical (unpaired) electrons. The molecule has 0 atom stereocenters. The zero-order valence-electron chi connectivity index (χ0n) is 14.3. The van der Waals surface area contributed by atoms with E-state index in [-0.39, 0.29) is 12.5 Å². The minimum absolute atomic E-state index is 0.129. The third-order valence-corrected chi connectivity index (χ3v) is 3.99. The molecule has 7 heteroatoms. The Labute approximate surface area is 155 Å². The van der Waals surface area contributed by atoms with E-state index in [1.807, 2.05) is 31.2 Å². The van der Waals surface area contributed by atoms with Crippen LogP contribution in [0, 0.1) is 6.92 Å². The quantitative estimate of drug-likeness (QED) is 0.547. The number of aryl methyl sites for hydroxylation is 1. The van der Waals surface area contributed by atoms with E-state index < -0.39 is 0 Å². The lowest BCUT2D eigenvalue weighted by atomic mass is 10.2. The topological polar surface area (TPSA) is 72.0 Å². The van der Waals surface area contributed by atoms with Crippen LogP contribution in [0.25, 0.3) is 0 Å². The third kappa shape index (κ3) is 5.49. The molecule has 2 N–H and O–H groups in total. The zero-order chi connectivity index (χ0) is 18.2. The molecule has 0 aliphatic carbocycles. The number of carbonyl (C=O) groups excluding carboxylic acids is 1. The average Bonchev–Trinajstić information content (AvgIpc) is 2.60. The minimum Gasteiger partial charge on any atom is -0.496 e. The average molecular weight is 406 g/mol. The number of amides is 1. The Morgan fingerprint density at radius 3 is 2.64 bits per heavy atom. The Bertz CT molecular complexity index is 778. The van der Waals surface area contributed by atoms with Crippen molar-refractivity contribution in [2.24, 2.45) is 5.10 Å². The number of nitrogens with zero attached hydrogens (tertiary/aromatic N) is 1. The van der Waals surface area contributed by atoms with E-state index in [9.17, 15) is 4.79 Å². The molecule has 0 unspecified atom stereocenters. The predicted octanol–water partition coefficient (Wildman–Crippen LogP) is 3.34. The molecule has 25 heavy (non-hydrogen) atoms. The van der Waals surface area contributed by atoms with Gasteiger partial charge in [0.2, 0.25) is 0 Å². The van der Waals surface area contributed by atoms with Gasteiger partial charge in [0.25, 0.3) is 5.91 Å². The summed E-state index contributed by atoms with van der Waals surface area (Å²) in [6.07, 6.45) is 1.52. The van der Waals surface area contributed by atoms with Crippen molar-refractivity contribution in [1.82, 2.24) is 5.43 Å². The second-order valence-electron chi connectivity index (χ2n) is 5.24. The fraction of sp³-hybridized carbons (Fsp3) is 0.222. The second kappa shape index (κ2) is 9.08. The van der Waals surface area contributed by atoms with E-state index in [1.54, 1.807) is 26.4 Å². The van der Waals surface area contributed by atoms with Crippen LogP contribution in [-0.2, 0) is 4.79 Å². The molecule has 0 spiro atoms. The monoisotopic (exact) mass is 405 g/mol. The SMILES string of the molecule is COc1cc(OC)c(/C=N/NC(=O)CNc2cccc(C)c2)cc1Br. The van der Waals surface area contributed by atoms with Gasteiger partial charge in [0.1, 0.15) is 11.5 Å². The summed E-state index contributed by atoms with van der Waals surface area (Å²) in [6.45, 7) is 2.13. The summed E-state index contributed by atoms with van der Waals surface area (Å²) in [6, 6.07) is 11.3. The third-order valence-electron chi connectivity index (χ3n) is 3.37. The maximum Gasteiger partial charge on any atom is 0.259 e. The molecule has 2 aromatic rings. The van der Waals surface area contributed by atoms with E-state index in [1.165, 1.54) is 6.21 Å². The van der Waals surface area contributed by atoms with Gasteiger partial charge >= 0.3 is 0 Å². The van der Waals surface area contributed by atoms with Crippen molar-refractivity contribution in [3.05, 3.63) is 52.0 Å². The Morgan fingerprint density at radius 1 is 1.20 bits per heavy atom. The Morgan fingerprint density at radius 2 is 1.96 bits per heavy atom. The molecular weight excluding hydrogens is 386 g/mol. The summed E-state index contributed by atoms with van der Waals surface area (Å²) < 4.78 is 11.3. The molecule has 0 bridgehead atoms. The molecule has 132 valence electrons. The number of ether oxygens (including phenoxy) is 2. The molecule has 2 rings (SSSR count). The van der Waals surface area contributed by atoms with Crippen LogP contribution in [0.4, 0.5) is 5.69 Å². The highest BCUT2D eigenvalue weighted by atomic mass is 79.9. The molecule has 0 saturated heterocycles. The molecule has 0 aliphatic heterocycles. The summed E-state index contributed by atoms with van der Waals surface area (Å²) in [5.41, 5.74) is 5.21. The summed E-state index contributed by atoms with van der Waals surface area (Å²) in [5.74, 6) is 1.00. The maximum atomic E-state index is 11.9. The first-order valence-electron chi connectivity index (χ1n) is 7.57. The van der Waals surface area contributed by atoms with Crippen LogP contribution in [0.15, 0.2) is 46.0 Å². The maximum absolute atomic E-state index is 11.9. The van der Waals surface area contributed by atoms with Gasteiger partial charge in [-0.2, -0.15) is 5.10 Å². The van der Waals surface area contributed by atoms with Gasteiger partial charge in [-0.3, -0.25) is 4.79 Å². The van der Waals surface area contributed by atoms with E-state index in [0.717, 1.165) is 15.7 Å². The minimum atomic E-state index is -0.246. The molecular formula is C18H20BrN3O3. The van der Waals surface area contributed by atoms with E-state index in [0.29, 0.717) is 17.1 Å². The summed E-state index contributed by atoms with van der Waals surface area (Å²) in [5, 5.41) is 7.02.